The fraction of sp³-hybridized carbons (Fsp3) is 0.647. The van der Waals surface area contributed by atoms with E-state index in [0.717, 1.165) is 19.3 Å². The average Bonchev–Trinajstić information content (AvgIpc) is 2.97. The second-order valence-electron chi connectivity index (χ2n) is 5.48. The molecule has 1 aromatic heterocycles. The van der Waals surface area contributed by atoms with Crippen LogP contribution >= 0.6 is 0 Å². The lowest BCUT2D eigenvalue weighted by atomic mass is 10.2. The Morgan fingerprint density at radius 2 is 2.09 bits per heavy atom. The Hall–Kier alpha value is -1.82. The molecule has 1 N–H and O–H groups in total. The molecule has 0 saturated heterocycles. The van der Waals surface area contributed by atoms with Gasteiger partial charge >= 0.3 is 0 Å². The molecule has 130 valence electrons. The molecule has 23 heavy (non-hydrogen) atoms. The minimum absolute atomic E-state index is 0.0276. The van der Waals surface area contributed by atoms with Crippen LogP contribution in [0.4, 0.5) is 0 Å². The number of nitrogens with zero attached hydrogens (tertiary/aromatic N) is 1. The molecule has 0 bridgehead atoms. The smallest absolute Gasteiger partial charge is 0.257 e. The highest BCUT2D eigenvalue weighted by molar-refractivity contribution is 5.95. The van der Waals surface area contributed by atoms with E-state index in [1.807, 2.05) is 0 Å². The number of ether oxygens (including phenoxy) is 1. The molecule has 0 spiro atoms. The van der Waals surface area contributed by atoms with Gasteiger partial charge in [-0.25, -0.2) is 0 Å². The standard InChI is InChI=1S/C17H28N2O4/c1-4-5-6-9-18-16(20)7-10-19(11-13-22-3)17(21)15-8-12-23-14(15)2/h8,12H,4-7,9-11,13H2,1-3H3,(H,18,20). The summed E-state index contributed by atoms with van der Waals surface area (Å²) >= 11 is 0. The highest BCUT2D eigenvalue weighted by Crippen LogP contribution is 2.12. The van der Waals surface area contributed by atoms with Crippen molar-refractivity contribution in [2.24, 2.45) is 0 Å². The van der Waals surface area contributed by atoms with Crippen molar-refractivity contribution in [3.05, 3.63) is 23.7 Å². The predicted molar refractivity (Wildman–Crippen MR) is 88.4 cm³/mol. The summed E-state index contributed by atoms with van der Waals surface area (Å²) in [6.45, 7) is 5.82. The van der Waals surface area contributed by atoms with Crippen LogP contribution in [-0.4, -0.2) is 50.1 Å². The highest BCUT2D eigenvalue weighted by Gasteiger charge is 2.19. The molecule has 0 fully saturated rings. The van der Waals surface area contributed by atoms with E-state index in [0.29, 0.717) is 44.0 Å². The van der Waals surface area contributed by atoms with E-state index in [1.165, 1.54) is 6.26 Å². The van der Waals surface area contributed by atoms with Crippen LogP contribution in [0.2, 0.25) is 0 Å². The molecule has 1 aromatic rings. The van der Waals surface area contributed by atoms with Crippen LogP contribution in [0.15, 0.2) is 16.7 Å². The number of hydrogen-bond acceptors (Lipinski definition) is 4. The van der Waals surface area contributed by atoms with Gasteiger partial charge in [-0.2, -0.15) is 0 Å². The number of furan rings is 1. The van der Waals surface area contributed by atoms with Crippen LogP contribution in [0.25, 0.3) is 0 Å². The van der Waals surface area contributed by atoms with Gasteiger partial charge in [-0.15, -0.1) is 0 Å². The first-order valence-electron chi connectivity index (χ1n) is 8.19. The van der Waals surface area contributed by atoms with E-state index < -0.39 is 0 Å². The molecule has 0 aromatic carbocycles. The fourth-order valence-electron chi connectivity index (χ4n) is 2.22. The lowest BCUT2D eigenvalue weighted by molar-refractivity contribution is -0.121. The molecule has 0 aliphatic rings. The van der Waals surface area contributed by atoms with Gasteiger partial charge in [-0.1, -0.05) is 19.8 Å². The summed E-state index contributed by atoms with van der Waals surface area (Å²) in [5.41, 5.74) is 0.532. The SMILES string of the molecule is CCCCCNC(=O)CCN(CCOC)C(=O)c1ccoc1C. The Morgan fingerprint density at radius 1 is 1.30 bits per heavy atom. The van der Waals surface area contributed by atoms with E-state index in [2.05, 4.69) is 12.2 Å². The Bertz CT molecular complexity index is 485. The average molecular weight is 324 g/mol. The van der Waals surface area contributed by atoms with Crippen molar-refractivity contribution in [3.63, 3.8) is 0 Å². The third-order valence-corrected chi connectivity index (χ3v) is 3.65. The third-order valence-electron chi connectivity index (χ3n) is 3.65. The predicted octanol–water partition coefficient (Wildman–Crippen LogP) is 2.37. The molecule has 0 radical (unpaired) electrons. The number of carbonyl (C=O) groups is 2. The van der Waals surface area contributed by atoms with E-state index in [1.54, 1.807) is 25.0 Å². The first-order valence-corrected chi connectivity index (χ1v) is 8.19. The molecule has 0 aliphatic heterocycles. The van der Waals surface area contributed by atoms with Gasteiger partial charge < -0.3 is 19.4 Å². The highest BCUT2D eigenvalue weighted by atomic mass is 16.5. The van der Waals surface area contributed by atoms with Gasteiger partial charge in [0.25, 0.3) is 5.91 Å². The Labute approximate surface area is 138 Å². The minimum atomic E-state index is -0.132. The van der Waals surface area contributed by atoms with Gasteiger partial charge in [-0.05, 0) is 19.4 Å². The van der Waals surface area contributed by atoms with E-state index in [9.17, 15) is 9.59 Å². The number of amides is 2. The summed E-state index contributed by atoms with van der Waals surface area (Å²) in [6, 6.07) is 1.66. The van der Waals surface area contributed by atoms with Crippen molar-refractivity contribution < 1.29 is 18.7 Å². The van der Waals surface area contributed by atoms with Gasteiger partial charge in [0.2, 0.25) is 5.91 Å². The maximum atomic E-state index is 12.5. The minimum Gasteiger partial charge on any atom is -0.469 e. The zero-order valence-corrected chi connectivity index (χ0v) is 14.4. The van der Waals surface area contributed by atoms with E-state index >= 15 is 0 Å². The molecule has 0 unspecified atom stereocenters. The summed E-state index contributed by atoms with van der Waals surface area (Å²) in [7, 11) is 1.59. The topological polar surface area (TPSA) is 71.8 Å². The van der Waals surface area contributed by atoms with Crippen molar-refractivity contribution in [2.45, 2.75) is 39.5 Å². The second kappa shape index (κ2) is 10.8. The molecule has 0 atom stereocenters. The van der Waals surface area contributed by atoms with Crippen molar-refractivity contribution in [3.8, 4) is 0 Å². The molecule has 0 aliphatic carbocycles. The van der Waals surface area contributed by atoms with E-state index in [4.69, 9.17) is 9.15 Å². The number of rotatable bonds is 11. The molecule has 1 heterocycles. The van der Waals surface area contributed by atoms with Crippen LogP contribution in [0, 0.1) is 6.92 Å². The summed E-state index contributed by atoms with van der Waals surface area (Å²) in [5, 5.41) is 2.89. The molecule has 0 saturated carbocycles. The van der Waals surface area contributed by atoms with Gasteiger partial charge in [0.1, 0.15) is 5.76 Å². The van der Waals surface area contributed by atoms with Gasteiger partial charge in [0, 0.05) is 33.2 Å². The van der Waals surface area contributed by atoms with Crippen LogP contribution < -0.4 is 5.32 Å². The molecule has 6 nitrogen and oxygen atoms in total. The van der Waals surface area contributed by atoms with Crippen LogP contribution in [-0.2, 0) is 9.53 Å². The van der Waals surface area contributed by atoms with Gasteiger partial charge in [0.05, 0.1) is 18.4 Å². The lowest BCUT2D eigenvalue weighted by Gasteiger charge is -2.22. The monoisotopic (exact) mass is 324 g/mol. The molecule has 6 heteroatoms. The molecular weight excluding hydrogens is 296 g/mol. The third kappa shape index (κ3) is 6.86. The molecular formula is C17H28N2O4. The van der Waals surface area contributed by atoms with Gasteiger partial charge in [-0.3, -0.25) is 9.59 Å². The zero-order valence-electron chi connectivity index (χ0n) is 14.4. The number of carbonyl (C=O) groups excluding carboxylic acids is 2. The number of methoxy groups -OCH3 is 1. The molecule has 2 amide bonds. The zero-order chi connectivity index (χ0) is 17.1. The Morgan fingerprint density at radius 3 is 2.70 bits per heavy atom. The van der Waals surface area contributed by atoms with Crippen molar-refractivity contribution >= 4 is 11.8 Å². The van der Waals surface area contributed by atoms with Crippen LogP contribution in [0.5, 0.6) is 0 Å². The van der Waals surface area contributed by atoms with Gasteiger partial charge in [0.15, 0.2) is 0 Å². The van der Waals surface area contributed by atoms with Crippen molar-refractivity contribution in [1.29, 1.82) is 0 Å². The van der Waals surface area contributed by atoms with Crippen LogP contribution in [0.3, 0.4) is 0 Å². The second-order valence-corrected chi connectivity index (χ2v) is 5.48. The first kappa shape index (κ1) is 19.2. The first-order chi connectivity index (χ1) is 11.1. The number of nitrogens with one attached hydrogen (secondary N) is 1. The number of aryl methyl sites for hydroxylation is 1. The quantitative estimate of drug-likeness (QED) is 0.634. The maximum absolute atomic E-state index is 12.5. The largest absolute Gasteiger partial charge is 0.469 e. The fourth-order valence-corrected chi connectivity index (χ4v) is 2.22. The number of hydrogen-bond donors (Lipinski definition) is 1. The maximum Gasteiger partial charge on any atom is 0.257 e. The van der Waals surface area contributed by atoms with Crippen molar-refractivity contribution in [1.82, 2.24) is 10.2 Å². The van der Waals surface area contributed by atoms with E-state index in [-0.39, 0.29) is 11.8 Å². The summed E-state index contributed by atoms with van der Waals surface area (Å²) in [4.78, 5) is 26.0. The van der Waals surface area contributed by atoms with Crippen molar-refractivity contribution in [2.75, 3.05) is 33.4 Å². The normalized spacial score (nSPS) is 10.6. The molecule has 1 rings (SSSR count). The summed E-state index contributed by atoms with van der Waals surface area (Å²) < 4.78 is 10.2. The summed E-state index contributed by atoms with van der Waals surface area (Å²) in [6.07, 6.45) is 5.01. The lowest BCUT2D eigenvalue weighted by Crippen LogP contribution is -2.37. The Kier molecular flexibility index (Phi) is 9.05. The van der Waals surface area contributed by atoms with Crippen LogP contribution in [0.1, 0.15) is 48.7 Å². The Balaban J connectivity index is 2.49. The summed E-state index contributed by atoms with van der Waals surface area (Å²) in [5.74, 6) is 0.425. The number of unbranched alkanes of at least 4 members (excludes halogenated alkanes) is 2.